The summed E-state index contributed by atoms with van der Waals surface area (Å²) < 4.78 is 5.32. The molecule has 0 amide bonds. The minimum absolute atomic E-state index is 0.799. The molecule has 3 heteroatoms. The van der Waals surface area contributed by atoms with Gasteiger partial charge in [-0.2, -0.15) is 0 Å². The monoisotopic (exact) mass is 192 g/mol. The van der Waals surface area contributed by atoms with Gasteiger partial charge in [0.1, 0.15) is 0 Å². The molecule has 1 fully saturated rings. The molecule has 14 heavy (non-hydrogen) atoms. The predicted molar refractivity (Wildman–Crippen MR) is 58.6 cm³/mol. The van der Waals surface area contributed by atoms with Gasteiger partial charge in [-0.15, -0.1) is 0 Å². The summed E-state index contributed by atoms with van der Waals surface area (Å²) >= 11 is 0. The lowest BCUT2D eigenvalue weighted by Gasteiger charge is -2.31. The van der Waals surface area contributed by atoms with E-state index in [-0.39, 0.29) is 0 Å². The van der Waals surface area contributed by atoms with E-state index in [0.717, 1.165) is 32.0 Å². The molecule has 0 atom stereocenters. The van der Waals surface area contributed by atoms with E-state index in [4.69, 9.17) is 10.5 Å². The van der Waals surface area contributed by atoms with E-state index >= 15 is 0 Å². The number of para-hydroxylation sites is 1. The number of benzene rings is 1. The van der Waals surface area contributed by atoms with Gasteiger partial charge in [0.15, 0.2) is 0 Å². The van der Waals surface area contributed by atoms with Crippen LogP contribution in [0.15, 0.2) is 18.2 Å². The zero-order chi connectivity index (χ0) is 9.97. The lowest BCUT2D eigenvalue weighted by Crippen LogP contribution is -2.37. The number of hydrogen-bond acceptors (Lipinski definition) is 3. The molecule has 0 aliphatic carbocycles. The molecule has 2 N–H and O–H groups in total. The lowest BCUT2D eigenvalue weighted by molar-refractivity contribution is 0.122. The zero-order valence-electron chi connectivity index (χ0n) is 8.49. The minimum atomic E-state index is 0.799. The molecule has 0 unspecified atom stereocenters. The molecule has 1 aromatic carbocycles. The van der Waals surface area contributed by atoms with Crippen molar-refractivity contribution in [3.05, 3.63) is 23.8 Å². The number of anilines is 2. The summed E-state index contributed by atoms with van der Waals surface area (Å²) in [5, 5.41) is 0. The maximum absolute atomic E-state index is 5.97. The van der Waals surface area contributed by atoms with Crippen LogP contribution in [0.2, 0.25) is 0 Å². The zero-order valence-corrected chi connectivity index (χ0v) is 8.49. The Balaban J connectivity index is 2.29. The topological polar surface area (TPSA) is 38.5 Å². The van der Waals surface area contributed by atoms with E-state index in [1.165, 1.54) is 11.3 Å². The number of ether oxygens (including phenoxy) is 1. The Bertz CT molecular complexity index is 299. The summed E-state index contributed by atoms with van der Waals surface area (Å²) in [7, 11) is 0. The Labute approximate surface area is 84.5 Å². The van der Waals surface area contributed by atoms with Gasteiger partial charge in [0, 0.05) is 13.1 Å². The average Bonchev–Trinajstić information content (AvgIpc) is 2.19. The molecular weight excluding hydrogens is 176 g/mol. The first-order valence-corrected chi connectivity index (χ1v) is 4.97. The highest BCUT2D eigenvalue weighted by molar-refractivity contribution is 5.71. The molecule has 0 bridgehead atoms. The standard InChI is InChI=1S/C11H16N2O/c1-9-3-2-4-10(12)11(9)13-5-7-14-8-6-13/h2-4H,5-8,12H2,1H3. The van der Waals surface area contributed by atoms with Crippen molar-refractivity contribution < 1.29 is 4.74 Å². The van der Waals surface area contributed by atoms with Gasteiger partial charge < -0.3 is 15.4 Å². The predicted octanol–water partition coefficient (Wildman–Crippen LogP) is 1.41. The van der Waals surface area contributed by atoms with Crippen molar-refractivity contribution in [3.63, 3.8) is 0 Å². The smallest absolute Gasteiger partial charge is 0.0642 e. The van der Waals surface area contributed by atoms with Gasteiger partial charge in [0.25, 0.3) is 0 Å². The van der Waals surface area contributed by atoms with Crippen LogP contribution in [0.25, 0.3) is 0 Å². The number of aryl methyl sites for hydroxylation is 1. The van der Waals surface area contributed by atoms with Crippen LogP contribution >= 0.6 is 0 Å². The molecular formula is C11H16N2O. The maximum atomic E-state index is 5.97. The fourth-order valence-corrected chi connectivity index (χ4v) is 1.90. The van der Waals surface area contributed by atoms with Crippen molar-refractivity contribution >= 4 is 11.4 Å². The molecule has 1 aromatic rings. The summed E-state index contributed by atoms with van der Waals surface area (Å²) in [5.74, 6) is 0. The first-order chi connectivity index (χ1) is 6.79. The van der Waals surface area contributed by atoms with Crippen molar-refractivity contribution in [3.8, 4) is 0 Å². The number of hydrogen-bond donors (Lipinski definition) is 1. The summed E-state index contributed by atoms with van der Waals surface area (Å²) in [5.41, 5.74) is 9.26. The molecule has 1 aliphatic rings. The lowest BCUT2D eigenvalue weighted by atomic mass is 10.1. The third-order valence-corrected chi connectivity index (χ3v) is 2.60. The Morgan fingerprint density at radius 2 is 2.00 bits per heavy atom. The molecule has 2 rings (SSSR count). The third kappa shape index (κ3) is 1.68. The minimum Gasteiger partial charge on any atom is -0.397 e. The summed E-state index contributed by atoms with van der Waals surface area (Å²) in [4.78, 5) is 2.30. The molecule has 76 valence electrons. The van der Waals surface area contributed by atoms with Crippen LogP contribution < -0.4 is 10.6 Å². The van der Waals surface area contributed by atoms with Crippen molar-refractivity contribution in [1.29, 1.82) is 0 Å². The maximum Gasteiger partial charge on any atom is 0.0642 e. The second kappa shape index (κ2) is 3.88. The van der Waals surface area contributed by atoms with Crippen LogP contribution in [0.3, 0.4) is 0 Å². The van der Waals surface area contributed by atoms with E-state index in [0.29, 0.717) is 0 Å². The van der Waals surface area contributed by atoms with Gasteiger partial charge in [-0.25, -0.2) is 0 Å². The Morgan fingerprint density at radius 3 is 2.64 bits per heavy atom. The fraction of sp³-hybridized carbons (Fsp3) is 0.455. The Morgan fingerprint density at radius 1 is 1.29 bits per heavy atom. The molecule has 1 aliphatic heterocycles. The van der Waals surface area contributed by atoms with E-state index in [1.807, 2.05) is 12.1 Å². The first kappa shape index (κ1) is 9.34. The number of nitrogen functional groups attached to an aromatic ring is 1. The van der Waals surface area contributed by atoms with Crippen molar-refractivity contribution in [1.82, 2.24) is 0 Å². The van der Waals surface area contributed by atoms with Crippen LogP contribution in [0.1, 0.15) is 5.56 Å². The van der Waals surface area contributed by atoms with E-state index in [1.54, 1.807) is 0 Å². The van der Waals surface area contributed by atoms with Crippen molar-refractivity contribution in [2.24, 2.45) is 0 Å². The van der Waals surface area contributed by atoms with E-state index < -0.39 is 0 Å². The molecule has 0 aromatic heterocycles. The first-order valence-electron chi connectivity index (χ1n) is 4.97. The summed E-state index contributed by atoms with van der Waals surface area (Å²) in [6.07, 6.45) is 0. The summed E-state index contributed by atoms with van der Waals surface area (Å²) in [6, 6.07) is 6.05. The number of nitrogens with zero attached hydrogens (tertiary/aromatic N) is 1. The second-order valence-corrected chi connectivity index (χ2v) is 3.61. The average molecular weight is 192 g/mol. The van der Waals surface area contributed by atoms with Gasteiger partial charge in [-0.1, -0.05) is 12.1 Å². The van der Waals surface area contributed by atoms with Gasteiger partial charge in [-0.05, 0) is 18.6 Å². The van der Waals surface area contributed by atoms with Crippen molar-refractivity contribution in [2.75, 3.05) is 36.9 Å². The van der Waals surface area contributed by atoms with Crippen LogP contribution in [-0.4, -0.2) is 26.3 Å². The quantitative estimate of drug-likeness (QED) is 0.684. The fourth-order valence-electron chi connectivity index (χ4n) is 1.90. The van der Waals surface area contributed by atoms with Gasteiger partial charge >= 0.3 is 0 Å². The number of nitrogens with two attached hydrogens (primary N) is 1. The normalized spacial score (nSPS) is 17.1. The van der Waals surface area contributed by atoms with Gasteiger partial charge in [-0.3, -0.25) is 0 Å². The third-order valence-electron chi connectivity index (χ3n) is 2.60. The Hall–Kier alpha value is -1.22. The molecule has 1 saturated heterocycles. The van der Waals surface area contributed by atoms with Crippen LogP contribution in [0.4, 0.5) is 11.4 Å². The highest BCUT2D eigenvalue weighted by atomic mass is 16.5. The van der Waals surface area contributed by atoms with Crippen molar-refractivity contribution in [2.45, 2.75) is 6.92 Å². The van der Waals surface area contributed by atoms with E-state index in [9.17, 15) is 0 Å². The molecule has 0 radical (unpaired) electrons. The Kier molecular flexibility index (Phi) is 2.59. The number of morpholine rings is 1. The van der Waals surface area contributed by atoms with Crippen LogP contribution in [-0.2, 0) is 4.74 Å². The van der Waals surface area contributed by atoms with Crippen LogP contribution in [0, 0.1) is 6.92 Å². The van der Waals surface area contributed by atoms with E-state index in [2.05, 4.69) is 17.9 Å². The van der Waals surface area contributed by atoms with Crippen LogP contribution in [0.5, 0.6) is 0 Å². The van der Waals surface area contributed by atoms with Gasteiger partial charge in [0.05, 0.1) is 24.6 Å². The highest BCUT2D eigenvalue weighted by Gasteiger charge is 2.14. The molecule has 0 saturated carbocycles. The van der Waals surface area contributed by atoms with Gasteiger partial charge in [0.2, 0.25) is 0 Å². The largest absolute Gasteiger partial charge is 0.397 e. The molecule has 3 nitrogen and oxygen atoms in total. The molecule has 1 heterocycles. The SMILES string of the molecule is Cc1cccc(N)c1N1CCOCC1. The number of rotatable bonds is 1. The molecule has 0 spiro atoms. The highest BCUT2D eigenvalue weighted by Crippen LogP contribution is 2.27. The second-order valence-electron chi connectivity index (χ2n) is 3.61. The summed E-state index contributed by atoms with van der Waals surface area (Å²) in [6.45, 7) is 5.58.